The van der Waals surface area contributed by atoms with E-state index in [-0.39, 0.29) is 51.1 Å². The van der Waals surface area contributed by atoms with Gasteiger partial charge in [0.05, 0.1) is 29.0 Å². The van der Waals surface area contributed by atoms with E-state index in [0.717, 1.165) is 75.1 Å². The first-order valence-electron chi connectivity index (χ1n) is 21.1. The van der Waals surface area contributed by atoms with Crippen LogP contribution >= 0.6 is 0 Å². The van der Waals surface area contributed by atoms with Gasteiger partial charge in [-0.15, -0.1) is 0 Å². The molecule has 0 radical (unpaired) electrons. The number of nitrogens with one attached hydrogen (secondary N) is 1. The topological polar surface area (TPSA) is 113 Å². The van der Waals surface area contributed by atoms with Crippen LogP contribution in [-0.2, 0) is 19.1 Å². The smallest absolute Gasteiger partial charge is 0.309 e. The fourth-order valence-corrected chi connectivity index (χ4v) is 15.4. The maximum atomic E-state index is 15.0. The van der Waals surface area contributed by atoms with Crippen LogP contribution in [0.4, 0.5) is 0 Å². The minimum absolute atomic E-state index is 0.0759. The van der Waals surface area contributed by atoms with Crippen molar-refractivity contribution >= 4 is 17.8 Å². The molecule has 1 aromatic rings. The highest BCUT2D eigenvalue weighted by molar-refractivity contribution is 5.84. The molecule has 12 atom stereocenters. The largest absolute Gasteiger partial charge is 0.481 e. The molecule has 6 aliphatic carbocycles. The van der Waals surface area contributed by atoms with E-state index in [1.165, 1.54) is 32.1 Å². The molecule has 0 bridgehead atoms. The van der Waals surface area contributed by atoms with Crippen molar-refractivity contribution < 1.29 is 24.2 Å². The van der Waals surface area contributed by atoms with Gasteiger partial charge in [0.2, 0.25) is 5.91 Å². The molecule has 8 heteroatoms. The number of carbonyl (C=O) groups excluding carboxylic acids is 2. The van der Waals surface area contributed by atoms with Crippen LogP contribution in [0, 0.1) is 81.8 Å². The van der Waals surface area contributed by atoms with Crippen LogP contribution in [0.2, 0.25) is 0 Å². The molecule has 288 valence electrons. The minimum atomic E-state index is -0.810. The number of aliphatic carboxylic acids is 1. The Balaban J connectivity index is 1.01. The fraction of sp³-hybridized carbons (Fsp3) is 0.864. The molecule has 8 nitrogen and oxygen atoms in total. The lowest BCUT2D eigenvalue weighted by Gasteiger charge is -2.72. The first-order valence-corrected chi connectivity index (χ1v) is 21.1. The second-order valence-electron chi connectivity index (χ2n) is 21.1. The standard InChI is InChI=1S/C44H67N3O5/c1-25-26(2)46-35(45-25)31-13-11-23-47(31)38(51)44-18-10-12-28(44)27-14-15-33-41(7)19-17-34(52-37(50)30-24-29(36(48)49)39(30,3)4)40(5,6)32(41)16-20-43(33,9)42(27,8)21-22-44/h27-34H,10-24H2,1-9H3,(H,45,46)(H,48,49)/t27-,28-,29+,30-,31+,32?,33?,34+,41+,42-,43-,44+/m1/s1. The summed E-state index contributed by atoms with van der Waals surface area (Å²) in [5.74, 6) is 1.70. The van der Waals surface area contributed by atoms with Crippen molar-refractivity contribution in [1.29, 1.82) is 0 Å². The molecule has 0 aromatic carbocycles. The number of H-pyrrole nitrogens is 1. The number of carbonyl (C=O) groups is 3. The summed E-state index contributed by atoms with van der Waals surface area (Å²) in [6.07, 6.45) is 14.6. The number of likely N-dealkylation sites (tertiary alicyclic amines) is 1. The number of amides is 1. The number of hydrogen-bond donors (Lipinski definition) is 2. The van der Waals surface area contributed by atoms with E-state index in [1.807, 2.05) is 13.8 Å². The number of nitrogens with zero attached hydrogens (tertiary/aromatic N) is 2. The lowest BCUT2D eigenvalue weighted by atomic mass is 9.32. The molecule has 1 amide bonds. The normalized spacial score (nSPS) is 45.9. The van der Waals surface area contributed by atoms with Gasteiger partial charge in [0.25, 0.3) is 0 Å². The van der Waals surface area contributed by atoms with Crippen LogP contribution in [0.3, 0.4) is 0 Å². The number of esters is 1. The number of ether oxygens (including phenoxy) is 1. The van der Waals surface area contributed by atoms with Crippen molar-refractivity contribution in [3.8, 4) is 0 Å². The summed E-state index contributed by atoms with van der Waals surface area (Å²) < 4.78 is 6.43. The number of rotatable bonds is 5. The Bertz CT molecular complexity index is 1630. The number of carboxylic acids is 1. The van der Waals surface area contributed by atoms with E-state index in [9.17, 15) is 14.7 Å². The Kier molecular flexibility index (Phi) is 8.31. The molecule has 1 saturated heterocycles. The fourth-order valence-electron chi connectivity index (χ4n) is 15.4. The molecule has 2 heterocycles. The van der Waals surface area contributed by atoms with E-state index in [1.54, 1.807) is 0 Å². The Morgan fingerprint density at radius 1 is 0.769 bits per heavy atom. The predicted octanol–water partition coefficient (Wildman–Crippen LogP) is 9.20. The quantitative estimate of drug-likeness (QED) is 0.294. The van der Waals surface area contributed by atoms with Crippen LogP contribution in [0.5, 0.6) is 0 Å². The highest BCUT2D eigenvalue weighted by Crippen LogP contribution is 2.77. The van der Waals surface area contributed by atoms with Gasteiger partial charge in [0, 0.05) is 17.7 Å². The number of hydrogen-bond acceptors (Lipinski definition) is 5. The van der Waals surface area contributed by atoms with Crippen LogP contribution in [0.1, 0.15) is 162 Å². The molecule has 0 spiro atoms. The zero-order valence-electron chi connectivity index (χ0n) is 33.7. The van der Waals surface area contributed by atoms with Gasteiger partial charge in [0.15, 0.2) is 0 Å². The molecule has 2 unspecified atom stereocenters. The van der Waals surface area contributed by atoms with E-state index >= 15 is 4.79 Å². The Morgan fingerprint density at radius 2 is 1.52 bits per heavy atom. The molecule has 2 N–H and O–H groups in total. The number of aryl methyl sites for hydroxylation is 2. The van der Waals surface area contributed by atoms with Gasteiger partial charge in [-0.3, -0.25) is 14.4 Å². The molecule has 8 rings (SSSR count). The molecular formula is C44H67N3O5. The van der Waals surface area contributed by atoms with E-state index in [4.69, 9.17) is 9.72 Å². The second-order valence-corrected chi connectivity index (χ2v) is 21.1. The van der Waals surface area contributed by atoms with Crippen LogP contribution in [-0.4, -0.2) is 50.5 Å². The van der Waals surface area contributed by atoms with E-state index in [0.29, 0.717) is 36.0 Å². The van der Waals surface area contributed by atoms with Gasteiger partial charge in [-0.2, -0.15) is 0 Å². The second kappa shape index (κ2) is 11.8. The zero-order chi connectivity index (χ0) is 37.4. The molecule has 1 aromatic heterocycles. The number of aromatic amines is 1. The van der Waals surface area contributed by atoms with Gasteiger partial charge in [-0.25, -0.2) is 4.98 Å². The average Bonchev–Trinajstić information content (AvgIpc) is 3.81. The van der Waals surface area contributed by atoms with Gasteiger partial charge >= 0.3 is 11.9 Å². The molecular weight excluding hydrogens is 650 g/mol. The van der Waals surface area contributed by atoms with Crippen molar-refractivity contribution in [3.63, 3.8) is 0 Å². The summed E-state index contributed by atoms with van der Waals surface area (Å²) in [4.78, 5) is 51.0. The van der Waals surface area contributed by atoms with Gasteiger partial charge in [0.1, 0.15) is 11.9 Å². The maximum Gasteiger partial charge on any atom is 0.309 e. The molecule has 6 saturated carbocycles. The number of imidazole rings is 1. The highest BCUT2D eigenvalue weighted by Gasteiger charge is 2.71. The summed E-state index contributed by atoms with van der Waals surface area (Å²) in [5.41, 5.74) is 1.77. The Hall–Kier alpha value is -2.38. The summed E-state index contributed by atoms with van der Waals surface area (Å²) in [5, 5.41) is 9.65. The highest BCUT2D eigenvalue weighted by atomic mass is 16.5. The third-order valence-corrected chi connectivity index (χ3v) is 18.8. The minimum Gasteiger partial charge on any atom is -0.481 e. The molecule has 1 aliphatic heterocycles. The van der Waals surface area contributed by atoms with Crippen LogP contribution in [0.25, 0.3) is 0 Å². The maximum absolute atomic E-state index is 15.0. The van der Waals surface area contributed by atoms with Crippen molar-refractivity contribution in [3.05, 3.63) is 17.2 Å². The zero-order valence-corrected chi connectivity index (χ0v) is 33.7. The summed E-state index contributed by atoms with van der Waals surface area (Å²) in [6.45, 7) is 21.4. The van der Waals surface area contributed by atoms with Gasteiger partial charge in [-0.1, -0.05) is 54.9 Å². The van der Waals surface area contributed by atoms with Gasteiger partial charge < -0.3 is 19.7 Å². The van der Waals surface area contributed by atoms with E-state index in [2.05, 4.69) is 58.4 Å². The Labute approximate surface area is 312 Å². The first-order chi connectivity index (χ1) is 24.3. The van der Waals surface area contributed by atoms with Crippen molar-refractivity contribution in [1.82, 2.24) is 14.9 Å². The third-order valence-electron chi connectivity index (χ3n) is 18.8. The average molecular weight is 718 g/mol. The molecule has 7 aliphatic rings. The summed E-state index contributed by atoms with van der Waals surface area (Å²) >= 11 is 0. The van der Waals surface area contributed by atoms with Crippen molar-refractivity contribution in [2.24, 2.45) is 68.0 Å². The van der Waals surface area contributed by atoms with Crippen LogP contribution in [0.15, 0.2) is 0 Å². The number of aromatic nitrogens is 2. The SMILES string of the molecule is Cc1nc([C@@H]2CCCN2C(=O)[C@]23CCC[C@@H]2[C@H]2CCC4[C@@]5(C)CC[C@H](OC(=O)[C@H]6C[C@@H](C(=O)O)C6(C)C)C(C)(C)C5CC[C@@]4(C)[C@]2(C)CC3)[nH]c1C. The predicted molar refractivity (Wildman–Crippen MR) is 200 cm³/mol. The van der Waals surface area contributed by atoms with Crippen LogP contribution < -0.4 is 0 Å². The lowest BCUT2D eigenvalue weighted by Crippen LogP contribution is -2.67. The number of fused-ring (bicyclic) bond motifs is 7. The molecule has 52 heavy (non-hydrogen) atoms. The molecule has 7 fully saturated rings. The summed E-state index contributed by atoms with van der Waals surface area (Å²) in [6, 6.07) is 0.0759. The van der Waals surface area contributed by atoms with Gasteiger partial charge in [-0.05, 0) is 143 Å². The Morgan fingerprint density at radius 3 is 2.19 bits per heavy atom. The van der Waals surface area contributed by atoms with Crippen molar-refractivity contribution in [2.75, 3.05) is 6.54 Å². The van der Waals surface area contributed by atoms with Crippen molar-refractivity contribution in [2.45, 2.75) is 164 Å². The monoisotopic (exact) mass is 718 g/mol. The van der Waals surface area contributed by atoms with E-state index < -0.39 is 17.3 Å². The third kappa shape index (κ3) is 4.75. The first kappa shape index (κ1) is 36.6. The number of carboxylic acid groups (broad SMARTS) is 1. The summed E-state index contributed by atoms with van der Waals surface area (Å²) in [7, 11) is 0. The lowest BCUT2D eigenvalue weighted by molar-refractivity contribution is -0.250.